The molecule has 4 aromatic rings. The van der Waals surface area contributed by atoms with Crippen LogP contribution in [-0.4, -0.2) is 27.6 Å². The number of carbonyl (C=O) groups is 1. The Bertz CT molecular complexity index is 1510. The van der Waals surface area contributed by atoms with E-state index in [1.807, 2.05) is 43.3 Å². The summed E-state index contributed by atoms with van der Waals surface area (Å²) in [5.41, 5.74) is 4.98. The Hall–Kier alpha value is -4.20. The molecule has 3 heterocycles. The minimum absolute atomic E-state index is 0.0643. The minimum atomic E-state index is -0.439. The maximum absolute atomic E-state index is 12.2. The van der Waals surface area contributed by atoms with Crippen molar-refractivity contribution in [2.45, 2.75) is 19.9 Å². The first-order chi connectivity index (χ1) is 16.4. The number of aromatic nitrogens is 3. The van der Waals surface area contributed by atoms with Crippen LogP contribution in [0.2, 0.25) is 0 Å². The van der Waals surface area contributed by atoms with Crippen LogP contribution in [0.4, 0.5) is 5.69 Å². The first-order valence-corrected chi connectivity index (χ1v) is 11.1. The number of pyridine rings is 1. The fraction of sp³-hybridized carbons (Fsp3) is 0.231. The quantitative estimate of drug-likeness (QED) is 0.368. The van der Waals surface area contributed by atoms with Crippen molar-refractivity contribution >= 4 is 28.2 Å². The summed E-state index contributed by atoms with van der Waals surface area (Å²) >= 11 is 0. The number of ketones is 1. The molecule has 1 unspecified atom stereocenters. The number of benzene rings is 2. The maximum atomic E-state index is 12.2. The number of rotatable bonds is 5. The number of hydrogen-bond donors (Lipinski definition) is 1. The lowest BCUT2D eigenvalue weighted by Gasteiger charge is -2.18. The van der Waals surface area contributed by atoms with Crippen LogP contribution in [-0.2, 0) is 18.4 Å². The van der Waals surface area contributed by atoms with Crippen molar-refractivity contribution in [1.29, 1.82) is 0 Å². The monoisotopic (exact) mass is 454 g/mol. The Labute approximate surface area is 195 Å². The van der Waals surface area contributed by atoms with Gasteiger partial charge in [0.15, 0.2) is 22.5 Å². The second kappa shape index (κ2) is 8.62. The molecule has 1 atom stereocenters. The van der Waals surface area contributed by atoms with Crippen molar-refractivity contribution in [3.8, 4) is 11.4 Å². The highest BCUT2D eigenvalue weighted by molar-refractivity contribution is 6.08. The van der Waals surface area contributed by atoms with Crippen molar-refractivity contribution < 1.29 is 9.36 Å². The lowest BCUT2D eigenvalue weighted by molar-refractivity contribution is -0.651. The van der Waals surface area contributed by atoms with Crippen molar-refractivity contribution in [3.05, 3.63) is 87.2 Å². The van der Waals surface area contributed by atoms with E-state index in [2.05, 4.69) is 31.9 Å². The Balaban J connectivity index is 1.70. The molecule has 34 heavy (non-hydrogen) atoms. The van der Waals surface area contributed by atoms with Crippen molar-refractivity contribution in [2.75, 3.05) is 6.54 Å². The second-order valence-corrected chi connectivity index (χ2v) is 8.74. The first-order valence-electron chi connectivity index (χ1n) is 11.1. The Morgan fingerprint density at radius 3 is 2.65 bits per heavy atom. The van der Waals surface area contributed by atoms with Gasteiger partial charge in [-0.25, -0.2) is 9.55 Å². The van der Waals surface area contributed by atoms with Crippen LogP contribution >= 0.6 is 0 Å². The lowest BCUT2D eigenvalue weighted by atomic mass is 9.91. The number of Topliss-reactive ketones (excluding diaryl/α,β-unsaturated/α-hetero) is 1. The van der Waals surface area contributed by atoms with Crippen molar-refractivity contribution in [3.63, 3.8) is 0 Å². The van der Waals surface area contributed by atoms with Crippen molar-refractivity contribution in [1.82, 2.24) is 9.55 Å². The molecule has 0 saturated carbocycles. The van der Waals surface area contributed by atoms with Gasteiger partial charge in [0.05, 0.1) is 12.1 Å². The molecule has 1 aliphatic heterocycles. The highest BCUT2D eigenvalue weighted by Gasteiger charge is 2.26. The number of fused-ring (bicyclic) bond motifs is 1. The van der Waals surface area contributed by atoms with E-state index in [1.165, 1.54) is 10.6 Å². The van der Waals surface area contributed by atoms with E-state index in [0.717, 1.165) is 33.7 Å². The van der Waals surface area contributed by atoms with Crippen LogP contribution in [0.3, 0.4) is 0 Å². The van der Waals surface area contributed by atoms with Gasteiger partial charge in [-0.3, -0.25) is 14.6 Å². The molecular formula is C26H24N5O3+. The largest absolute Gasteiger partial charge is 0.316 e. The first kappa shape index (κ1) is 21.6. The lowest BCUT2D eigenvalue weighted by Crippen LogP contribution is -2.36. The fourth-order valence-corrected chi connectivity index (χ4v) is 4.60. The van der Waals surface area contributed by atoms with E-state index in [0.29, 0.717) is 18.5 Å². The van der Waals surface area contributed by atoms with Gasteiger partial charge in [-0.05, 0) is 35.0 Å². The average molecular weight is 455 g/mol. The summed E-state index contributed by atoms with van der Waals surface area (Å²) in [6.07, 6.45) is 2.20. The summed E-state index contributed by atoms with van der Waals surface area (Å²) in [6.45, 7) is 2.84. The molecule has 8 nitrogen and oxygen atoms in total. The average Bonchev–Trinajstić information content (AvgIpc) is 3.19. The number of hydrogen-bond acceptors (Lipinski definition) is 5. The molecular weight excluding hydrogens is 430 g/mol. The van der Waals surface area contributed by atoms with E-state index < -0.39 is 5.56 Å². The van der Waals surface area contributed by atoms with Gasteiger partial charge in [-0.2, -0.15) is 0 Å². The molecule has 0 amide bonds. The number of H-pyrrole nitrogens is 1. The zero-order valence-corrected chi connectivity index (χ0v) is 19.0. The predicted molar refractivity (Wildman–Crippen MR) is 130 cm³/mol. The van der Waals surface area contributed by atoms with Crippen LogP contribution < -0.4 is 10.1 Å². The fourth-order valence-electron chi connectivity index (χ4n) is 4.60. The standard InChI is InChI=1S/C26H23N5O3/c1-16-10-20(32)13-27-24(16)18-8-9-23-21(11-18)28-25(31(23)14-17-6-4-3-5-7-17)19-12-22(29-34)26(33)30(2)15-19/h3-9,11-12,15-16H,10,13-14H2,1-2H3/p+1. The normalized spacial score (nSPS) is 16.0. The predicted octanol–water partition coefficient (Wildman–Crippen LogP) is 3.67. The summed E-state index contributed by atoms with van der Waals surface area (Å²) < 4.78 is 3.49. The smallest absolute Gasteiger partial charge is 0.289 e. The van der Waals surface area contributed by atoms with Crippen LogP contribution in [0.1, 0.15) is 24.5 Å². The Morgan fingerprint density at radius 2 is 1.91 bits per heavy atom. The molecule has 2 aromatic carbocycles. The zero-order valence-electron chi connectivity index (χ0n) is 19.0. The number of carbonyl (C=O) groups excluding carboxylic acids is 1. The number of aromatic amines is 1. The molecule has 2 aromatic heterocycles. The van der Waals surface area contributed by atoms with Crippen LogP contribution in [0.25, 0.3) is 22.4 Å². The van der Waals surface area contributed by atoms with Gasteiger partial charge in [-0.15, -0.1) is 4.91 Å². The number of imidazole rings is 1. The van der Waals surface area contributed by atoms with E-state index >= 15 is 0 Å². The molecule has 170 valence electrons. The molecule has 1 N–H and O–H groups in total. The molecule has 0 bridgehead atoms. The molecule has 5 rings (SSSR count). The van der Waals surface area contributed by atoms with Gasteiger partial charge >= 0.3 is 0 Å². The highest BCUT2D eigenvalue weighted by atomic mass is 16.3. The number of nitrogens with zero attached hydrogens (tertiary/aromatic N) is 4. The van der Waals surface area contributed by atoms with E-state index in [9.17, 15) is 14.5 Å². The molecule has 0 fully saturated rings. The molecule has 8 heteroatoms. The minimum Gasteiger partial charge on any atom is -0.316 e. The number of aliphatic imine (C=N–C) groups is 1. The SMILES string of the molecule is CC1CC(=O)CN=C1c1ccc2c(c1)[nH]c(-c1cc(N=O)c(=O)n(C)c1)[n+]2Cc1ccccc1. The molecule has 1 aliphatic rings. The Kier molecular flexibility index (Phi) is 5.49. The van der Waals surface area contributed by atoms with E-state index in [-0.39, 0.29) is 23.9 Å². The van der Waals surface area contributed by atoms with Gasteiger partial charge in [0.1, 0.15) is 6.54 Å². The highest BCUT2D eigenvalue weighted by Crippen LogP contribution is 2.25. The summed E-state index contributed by atoms with van der Waals surface area (Å²) in [7, 11) is 1.60. The zero-order chi connectivity index (χ0) is 23.8. The number of nitrogens with one attached hydrogen (secondary N) is 1. The van der Waals surface area contributed by atoms with Gasteiger partial charge < -0.3 is 4.57 Å². The van der Waals surface area contributed by atoms with E-state index in [4.69, 9.17) is 0 Å². The summed E-state index contributed by atoms with van der Waals surface area (Å²) in [5.74, 6) is 0.981. The van der Waals surface area contributed by atoms with E-state index in [1.54, 1.807) is 13.2 Å². The Morgan fingerprint density at radius 1 is 1.12 bits per heavy atom. The topological polar surface area (TPSA) is 101 Å². The third-order valence-electron chi connectivity index (χ3n) is 6.25. The number of nitroso groups, excluding NO2 is 1. The molecule has 0 radical (unpaired) electrons. The van der Waals surface area contributed by atoms with Crippen LogP contribution in [0.5, 0.6) is 0 Å². The summed E-state index contributed by atoms with van der Waals surface area (Å²) in [5, 5.41) is 2.92. The van der Waals surface area contributed by atoms with Gasteiger partial charge in [0.25, 0.3) is 11.4 Å². The third kappa shape index (κ3) is 3.87. The molecule has 0 spiro atoms. The second-order valence-electron chi connectivity index (χ2n) is 8.74. The number of aryl methyl sites for hydroxylation is 1. The summed E-state index contributed by atoms with van der Waals surface area (Å²) in [4.78, 5) is 43.3. The maximum Gasteiger partial charge on any atom is 0.289 e. The van der Waals surface area contributed by atoms with Gasteiger partial charge in [-0.1, -0.05) is 37.3 Å². The molecule has 0 aliphatic carbocycles. The molecule has 0 saturated heterocycles. The van der Waals surface area contributed by atoms with Crippen molar-refractivity contribution in [2.24, 2.45) is 23.1 Å². The van der Waals surface area contributed by atoms with Gasteiger partial charge in [0.2, 0.25) is 0 Å². The summed E-state index contributed by atoms with van der Waals surface area (Å²) in [6, 6.07) is 17.7. The third-order valence-corrected chi connectivity index (χ3v) is 6.25. The van der Waals surface area contributed by atoms with Crippen LogP contribution in [0, 0.1) is 10.8 Å². The van der Waals surface area contributed by atoms with Gasteiger partial charge in [0, 0.05) is 36.9 Å². The van der Waals surface area contributed by atoms with Crippen LogP contribution in [0.15, 0.2) is 75.8 Å².